The second kappa shape index (κ2) is 7.25. The number of rotatable bonds is 3. The Morgan fingerprint density at radius 2 is 1.77 bits per heavy atom. The Morgan fingerprint density at radius 3 is 2.58 bits per heavy atom. The Bertz CT molecular complexity index is 878. The zero-order chi connectivity index (χ0) is 17.9. The number of nitrogens with one attached hydrogen (secondary N) is 1. The Hall–Kier alpha value is -2.73. The van der Waals surface area contributed by atoms with Crippen molar-refractivity contribution < 1.29 is 4.57 Å². The average Bonchev–Trinajstić information content (AvgIpc) is 2.87. The van der Waals surface area contributed by atoms with Crippen LogP contribution >= 0.6 is 0 Å². The van der Waals surface area contributed by atoms with E-state index in [1.165, 1.54) is 12.1 Å². The van der Waals surface area contributed by atoms with Crippen LogP contribution in [-0.2, 0) is 14.1 Å². The van der Waals surface area contributed by atoms with Crippen molar-refractivity contribution in [3.63, 3.8) is 0 Å². The molecule has 1 N–H and O–H groups in total. The molecule has 0 radical (unpaired) electrons. The maximum absolute atomic E-state index is 4.50. The minimum atomic E-state index is 0.828. The maximum Gasteiger partial charge on any atom is 0.422 e. The SMILES string of the molecule is Cn1c(N=Nc2ccc(N3CCCNCC3)cc2)[n+](C)c2ccccc21. The Labute approximate surface area is 153 Å². The number of hydrogen-bond acceptors (Lipinski definition) is 4. The molecule has 0 atom stereocenters. The van der Waals surface area contributed by atoms with Crippen LogP contribution in [0.25, 0.3) is 11.0 Å². The molecule has 6 nitrogen and oxygen atoms in total. The minimum absolute atomic E-state index is 0.828. The number of aryl methyl sites for hydroxylation is 2. The number of anilines is 1. The second-order valence-electron chi connectivity index (χ2n) is 6.71. The molecule has 1 aromatic heterocycles. The van der Waals surface area contributed by atoms with Crippen LogP contribution in [0.3, 0.4) is 0 Å². The van der Waals surface area contributed by atoms with Crippen LogP contribution in [0.4, 0.5) is 17.3 Å². The van der Waals surface area contributed by atoms with Gasteiger partial charge in [-0.1, -0.05) is 17.2 Å². The number of benzene rings is 2. The van der Waals surface area contributed by atoms with Gasteiger partial charge in [-0.2, -0.15) is 0 Å². The number of aromatic nitrogens is 2. The van der Waals surface area contributed by atoms with Crippen LogP contribution in [0.15, 0.2) is 58.8 Å². The third-order valence-corrected chi connectivity index (χ3v) is 5.01. The number of azo groups is 1. The predicted octanol–water partition coefficient (Wildman–Crippen LogP) is 3.22. The first-order valence-corrected chi connectivity index (χ1v) is 9.15. The van der Waals surface area contributed by atoms with E-state index >= 15 is 0 Å². The van der Waals surface area contributed by atoms with Gasteiger partial charge in [0.15, 0.2) is 0 Å². The van der Waals surface area contributed by atoms with E-state index in [0.29, 0.717) is 0 Å². The monoisotopic (exact) mass is 349 g/mol. The van der Waals surface area contributed by atoms with Gasteiger partial charge >= 0.3 is 5.95 Å². The summed E-state index contributed by atoms with van der Waals surface area (Å²) in [5.41, 5.74) is 4.41. The van der Waals surface area contributed by atoms with Crippen LogP contribution in [0.1, 0.15) is 6.42 Å². The number of nitrogens with zero attached hydrogens (tertiary/aromatic N) is 5. The summed E-state index contributed by atoms with van der Waals surface area (Å²) in [5, 5.41) is 12.4. The van der Waals surface area contributed by atoms with Crippen molar-refractivity contribution in [1.29, 1.82) is 0 Å². The molecule has 1 saturated heterocycles. The van der Waals surface area contributed by atoms with E-state index in [-0.39, 0.29) is 0 Å². The van der Waals surface area contributed by atoms with Crippen molar-refractivity contribution in [2.24, 2.45) is 24.3 Å². The summed E-state index contributed by atoms with van der Waals surface area (Å²) in [6, 6.07) is 16.6. The minimum Gasteiger partial charge on any atom is -0.370 e. The Balaban J connectivity index is 1.56. The van der Waals surface area contributed by atoms with Gasteiger partial charge in [0.25, 0.3) is 0 Å². The quantitative estimate of drug-likeness (QED) is 0.583. The molecule has 2 heterocycles. The molecule has 1 aliphatic heterocycles. The smallest absolute Gasteiger partial charge is 0.370 e. The molecular weight excluding hydrogens is 324 g/mol. The second-order valence-corrected chi connectivity index (χ2v) is 6.71. The van der Waals surface area contributed by atoms with Crippen LogP contribution in [0.5, 0.6) is 0 Å². The highest BCUT2D eigenvalue weighted by atomic mass is 15.3. The maximum atomic E-state index is 4.50. The Morgan fingerprint density at radius 1 is 0.962 bits per heavy atom. The summed E-state index contributed by atoms with van der Waals surface area (Å²) in [5.74, 6) is 0.828. The summed E-state index contributed by atoms with van der Waals surface area (Å²) < 4.78 is 4.13. The normalized spacial score (nSPS) is 15.7. The summed E-state index contributed by atoms with van der Waals surface area (Å²) in [7, 11) is 4.04. The van der Waals surface area contributed by atoms with Crippen LogP contribution in [0, 0.1) is 0 Å². The van der Waals surface area contributed by atoms with Gasteiger partial charge in [0.05, 0.1) is 14.1 Å². The molecular formula is C20H25N6+. The van der Waals surface area contributed by atoms with E-state index in [9.17, 15) is 0 Å². The molecule has 0 unspecified atom stereocenters. The number of imidazole rings is 1. The lowest BCUT2D eigenvalue weighted by atomic mass is 10.2. The molecule has 3 aromatic rings. The predicted molar refractivity (Wildman–Crippen MR) is 104 cm³/mol. The van der Waals surface area contributed by atoms with Crippen molar-refractivity contribution in [3.8, 4) is 0 Å². The third-order valence-electron chi connectivity index (χ3n) is 5.01. The van der Waals surface area contributed by atoms with Gasteiger partial charge in [-0.15, -0.1) is 0 Å². The number of fused-ring (bicyclic) bond motifs is 1. The van der Waals surface area contributed by atoms with Crippen molar-refractivity contribution in [3.05, 3.63) is 48.5 Å². The summed E-state index contributed by atoms with van der Waals surface area (Å²) in [4.78, 5) is 2.42. The van der Waals surface area contributed by atoms with Crippen molar-refractivity contribution in [2.45, 2.75) is 6.42 Å². The van der Waals surface area contributed by atoms with Gasteiger partial charge in [0, 0.05) is 30.4 Å². The zero-order valence-corrected chi connectivity index (χ0v) is 15.4. The third kappa shape index (κ3) is 3.20. The van der Waals surface area contributed by atoms with E-state index in [2.05, 4.69) is 53.8 Å². The van der Waals surface area contributed by atoms with Gasteiger partial charge in [-0.05, 0) is 49.4 Å². The molecule has 0 aliphatic carbocycles. The topological polar surface area (TPSA) is 48.8 Å². The lowest BCUT2D eigenvalue weighted by Crippen LogP contribution is -2.27. The highest BCUT2D eigenvalue weighted by Gasteiger charge is 2.18. The standard InChI is InChI=1S/C20H25N6/c1-24-18-6-3-4-7-19(18)25(2)20(24)23-22-16-8-10-17(11-9-16)26-14-5-12-21-13-15-26/h3-4,6-11,21H,5,12-15H2,1-2H3/q+1. The highest BCUT2D eigenvalue weighted by molar-refractivity contribution is 5.73. The van der Waals surface area contributed by atoms with E-state index in [1.54, 1.807) is 0 Å². The lowest BCUT2D eigenvalue weighted by molar-refractivity contribution is -0.632. The van der Waals surface area contributed by atoms with E-state index in [0.717, 1.165) is 48.8 Å². The highest BCUT2D eigenvalue weighted by Crippen LogP contribution is 2.23. The molecule has 0 spiro atoms. The zero-order valence-electron chi connectivity index (χ0n) is 15.4. The first kappa shape index (κ1) is 16.7. The van der Waals surface area contributed by atoms with E-state index in [4.69, 9.17) is 0 Å². The molecule has 134 valence electrons. The lowest BCUT2D eigenvalue weighted by Gasteiger charge is -2.22. The summed E-state index contributed by atoms with van der Waals surface area (Å²) in [6.07, 6.45) is 1.18. The van der Waals surface area contributed by atoms with Gasteiger partial charge in [0.2, 0.25) is 0 Å². The van der Waals surface area contributed by atoms with Crippen molar-refractivity contribution in [2.75, 3.05) is 31.1 Å². The molecule has 6 heteroatoms. The fraction of sp³-hybridized carbons (Fsp3) is 0.350. The van der Waals surface area contributed by atoms with E-state index in [1.807, 2.05) is 38.4 Å². The van der Waals surface area contributed by atoms with Crippen molar-refractivity contribution in [1.82, 2.24) is 9.88 Å². The van der Waals surface area contributed by atoms with Gasteiger partial charge in [-0.3, -0.25) is 0 Å². The molecule has 2 aromatic carbocycles. The molecule has 0 bridgehead atoms. The first-order chi connectivity index (χ1) is 12.7. The molecule has 1 aliphatic rings. The summed E-state index contributed by atoms with van der Waals surface area (Å²) in [6.45, 7) is 4.29. The summed E-state index contributed by atoms with van der Waals surface area (Å²) >= 11 is 0. The molecule has 4 rings (SSSR count). The number of para-hydroxylation sites is 2. The van der Waals surface area contributed by atoms with Gasteiger partial charge in [0.1, 0.15) is 16.7 Å². The van der Waals surface area contributed by atoms with Crippen LogP contribution in [-0.4, -0.2) is 30.7 Å². The van der Waals surface area contributed by atoms with E-state index < -0.39 is 0 Å². The molecule has 0 amide bonds. The van der Waals surface area contributed by atoms with Crippen LogP contribution in [0.2, 0.25) is 0 Å². The largest absolute Gasteiger partial charge is 0.422 e. The molecule has 26 heavy (non-hydrogen) atoms. The number of hydrogen-bond donors (Lipinski definition) is 1. The van der Waals surface area contributed by atoms with Gasteiger partial charge in [-0.25, -0.2) is 9.13 Å². The fourth-order valence-corrected chi connectivity index (χ4v) is 3.54. The van der Waals surface area contributed by atoms with Crippen LogP contribution < -0.4 is 14.8 Å². The van der Waals surface area contributed by atoms with Crippen molar-refractivity contribution >= 4 is 28.4 Å². The average molecular weight is 349 g/mol. The first-order valence-electron chi connectivity index (χ1n) is 9.15. The fourth-order valence-electron chi connectivity index (χ4n) is 3.54. The molecule has 1 fully saturated rings. The Kier molecular flexibility index (Phi) is 4.67. The van der Waals surface area contributed by atoms with Gasteiger partial charge < -0.3 is 10.2 Å². The molecule has 0 saturated carbocycles.